The molecule has 1 aromatic carbocycles. The highest BCUT2D eigenvalue weighted by molar-refractivity contribution is 5.31. The fraction of sp³-hybridized carbons (Fsp3) is 0.538. The smallest absolute Gasteiger partial charge is 0.122 e. The van der Waals surface area contributed by atoms with E-state index in [4.69, 9.17) is 14.2 Å². The fourth-order valence-electron chi connectivity index (χ4n) is 1.34. The summed E-state index contributed by atoms with van der Waals surface area (Å²) in [5, 5.41) is 0. The minimum atomic E-state index is 0.595. The Labute approximate surface area is 97.3 Å². The van der Waals surface area contributed by atoms with Crippen molar-refractivity contribution in [3.63, 3.8) is 0 Å². The van der Waals surface area contributed by atoms with E-state index in [0.717, 1.165) is 30.9 Å². The molecule has 1 rings (SSSR count). The Bertz CT molecular complexity index is 286. The summed E-state index contributed by atoms with van der Waals surface area (Å²) in [6.07, 6.45) is 0.931. The first-order valence-corrected chi connectivity index (χ1v) is 5.59. The zero-order chi connectivity index (χ0) is 11.6. The van der Waals surface area contributed by atoms with Gasteiger partial charge >= 0.3 is 0 Å². The van der Waals surface area contributed by atoms with Crippen LogP contribution in [0, 0.1) is 6.92 Å². The number of ether oxygens (including phenoxy) is 3. The second-order valence-electron chi connectivity index (χ2n) is 3.57. The maximum atomic E-state index is 5.59. The molecular formula is C13H20O3. The average molecular weight is 224 g/mol. The van der Waals surface area contributed by atoms with E-state index in [1.165, 1.54) is 0 Å². The van der Waals surface area contributed by atoms with Crippen LogP contribution >= 0.6 is 0 Å². The van der Waals surface area contributed by atoms with Crippen LogP contribution in [0.4, 0.5) is 0 Å². The second-order valence-corrected chi connectivity index (χ2v) is 3.57. The van der Waals surface area contributed by atoms with Gasteiger partial charge in [-0.3, -0.25) is 0 Å². The van der Waals surface area contributed by atoms with Crippen LogP contribution in [0.5, 0.6) is 5.75 Å². The first kappa shape index (κ1) is 13.0. The molecule has 1 aromatic rings. The number of benzene rings is 1. The zero-order valence-corrected chi connectivity index (χ0v) is 10.1. The van der Waals surface area contributed by atoms with Crippen LogP contribution in [0.3, 0.4) is 0 Å². The summed E-state index contributed by atoms with van der Waals surface area (Å²) in [6, 6.07) is 7.99. The van der Waals surface area contributed by atoms with Crippen molar-refractivity contribution in [3.8, 4) is 5.75 Å². The summed E-state index contributed by atoms with van der Waals surface area (Å²) in [4.78, 5) is 0. The molecule has 0 radical (unpaired) electrons. The van der Waals surface area contributed by atoms with Crippen molar-refractivity contribution in [3.05, 3.63) is 29.8 Å². The topological polar surface area (TPSA) is 27.7 Å². The normalized spacial score (nSPS) is 10.4. The van der Waals surface area contributed by atoms with E-state index in [9.17, 15) is 0 Å². The Morgan fingerprint density at radius 3 is 2.56 bits per heavy atom. The molecule has 0 atom stereocenters. The van der Waals surface area contributed by atoms with Crippen LogP contribution in [0.25, 0.3) is 0 Å². The van der Waals surface area contributed by atoms with Gasteiger partial charge in [-0.2, -0.15) is 0 Å². The monoisotopic (exact) mass is 224 g/mol. The van der Waals surface area contributed by atoms with Crippen molar-refractivity contribution in [2.45, 2.75) is 13.3 Å². The molecule has 0 aliphatic carbocycles. The van der Waals surface area contributed by atoms with E-state index in [2.05, 4.69) is 0 Å². The van der Waals surface area contributed by atoms with Crippen LogP contribution < -0.4 is 4.74 Å². The van der Waals surface area contributed by atoms with Crippen molar-refractivity contribution in [2.24, 2.45) is 0 Å². The standard InChI is InChI=1S/C13H20O3/c1-12-6-3-4-7-13(12)16-11-10-15-9-5-8-14-2/h3-4,6-7H,5,8-11H2,1-2H3. The highest BCUT2D eigenvalue weighted by atomic mass is 16.5. The summed E-state index contributed by atoms with van der Waals surface area (Å²) in [6.45, 7) is 4.73. The molecule has 90 valence electrons. The molecule has 0 amide bonds. The van der Waals surface area contributed by atoms with Crippen LogP contribution in [0.15, 0.2) is 24.3 Å². The third-order valence-electron chi connectivity index (χ3n) is 2.22. The van der Waals surface area contributed by atoms with Gasteiger partial charge in [0.15, 0.2) is 0 Å². The van der Waals surface area contributed by atoms with Crippen molar-refractivity contribution in [2.75, 3.05) is 33.5 Å². The molecule has 3 nitrogen and oxygen atoms in total. The van der Waals surface area contributed by atoms with Gasteiger partial charge < -0.3 is 14.2 Å². The summed E-state index contributed by atoms with van der Waals surface area (Å²) in [7, 11) is 1.70. The van der Waals surface area contributed by atoms with Crippen molar-refractivity contribution < 1.29 is 14.2 Å². The van der Waals surface area contributed by atoms with Gasteiger partial charge in [0.05, 0.1) is 6.61 Å². The summed E-state index contributed by atoms with van der Waals surface area (Å²) in [5.74, 6) is 0.933. The first-order chi connectivity index (χ1) is 7.84. The van der Waals surface area contributed by atoms with Crippen molar-refractivity contribution >= 4 is 0 Å². The van der Waals surface area contributed by atoms with Gasteiger partial charge in [-0.15, -0.1) is 0 Å². The quantitative estimate of drug-likeness (QED) is 0.635. The van der Waals surface area contributed by atoms with E-state index >= 15 is 0 Å². The number of rotatable bonds is 8. The molecule has 0 fully saturated rings. The Balaban J connectivity index is 2.05. The third kappa shape index (κ3) is 5.14. The lowest BCUT2D eigenvalue weighted by Gasteiger charge is -2.09. The number of hydrogen-bond acceptors (Lipinski definition) is 3. The molecule has 0 saturated carbocycles. The molecule has 0 spiro atoms. The van der Waals surface area contributed by atoms with Gasteiger partial charge in [0.25, 0.3) is 0 Å². The number of aryl methyl sites for hydroxylation is 1. The van der Waals surface area contributed by atoms with E-state index in [1.807, 2.05) is 31.2 Å². The molecule has 0 saturated heterocycles. The molecule has 0 N–H and O–H groups in total. The molecule has 0 unspecified atom stereocenters. The lowest BCUT2D eigenvalue weighted by atomic mass is 10.2. The molecule has 0 aliphatic rings. The first-order valence-electron chi connectivity index (χ1n) is 5.59. The van der Waals surface area contributed by atoms with E-state index < -0.39 is 0 Å². The van der Waals surface area contributed by atoms with Crippen LogP contribution in [0.2, 0.25) is 0 Å². The summed E-state index contributed by atoms with van der Waals surface area (Å²) < 4.78 is 15.9. The minimum Gasteiger partial charge on any atom is -0.491 e. The third-order valence-corrected chi connectivity index (χ3v) is 2.22. The maximum Gasteiger partial charge on any atom is 0.122 e. The Kier molecular flexibility index (Phi) is 6.61. The Morgan fingerprint density at radius 2 is 1.81 bits per heavy atom. The summed E-state index contributed by atoms with van der Waals surface area (Å²) >= 11 is 0. The van der Waals surface area contributed by atoms with Gasteiger partial charge in [0.1, 0.15) is 12.4 Å². The number of para-hydroxylation sites is 1. The largest absolute Gasteiger partial charge is 0.491 e. The lowest BCUT2D eigenvalue weighted by molar-refractivity contribution is 0.0805. The second kappa shape index (κ2) is 8.13. The average Bonchev–Trinajstić information content (AvgIpc) is 2.30. The van der Waals surface area contributed by atoms with Gasteiger partial charge in [-0.1, -0.05) is 18.2 Å². The highest BCUT2D eigenvalue weighted by Gasteiger charge is 1.96. The molecule has 0 aromatic heterocycles. The molecular weight excluding hydrogens is 204 g/mol. The maximum absolute atomic E-state index is 5.59. The predicted octanol–water partition coefficient (Wildman–Crippen LogP) is 2.43. The van der Waals surface area contributed by atoms with Gasteiger partial charge in [-0.05, 0) is 25.0 Å². The minimum absolute atomic E-state index is 0.595. The van der Waals surface area contributed by atoms with Crippen molar-refractivity contribution in [1.29, 1.82) is 0 Å². The van der Waals surface area contributed by atoms with Crippen LogP contribution in [-0.4, -0.2) is 33.5 Å². The summed E-state index contributed by atoms with van der Waals surface area (Å²) in [5.41, 5.74) is 1.15. The van der Waals surface area contributed by atoms with E-state index in [1.54, 1.807) is 7.11 Å². The van der Waals surface area contributed by atoms with Gasteiger partial charge in [-0.25, -0.2) is 0 Å². The Morgan fingerprint density at radius 1 is 1.00 bits per heavy atom. The van der Waals surface area contributed by atoms with Crippen molar-refractivity contribution in [1.82, 2.24) is 0 Å². The molecule has 3 heteroatoms. The fourth-order valence-corrected chi connectivity index (χ4v) is 1.34. The molecule has 0 bridgehead atoms. The van der Waals surface area contributed by atoms with E-state index in [-0.39, 0.29) is 0 Å². The predicted molar refractivity (Wildman–Crippen MR) is 64.0 cm³/mol. The number of methoxy groups -OCH3 is 1. The molecule has 0 aliphatic heterocycles. The molecule has 16 heavy (non-hydrogen) atoms. The van der Waals surface area contributed by atoms with Crippen LogP contribution in [-0.2, 0) is 9.47 Å². The van der Waals surface area contributed by atoms with Crippen LogP contribution in [0.1, 0.15) is 12.0 Å². The van der Waals surface area contributed by atoms with E-state index in [0.29, 0.717) is 13.2 Å². The number of hydrogen-bond donors (Lipinski definition) is 0. The zero-order valence-electron chi connectivity index (χ0n) is 10.1. The van der Waals surface area contributed by atoms with Gasteiger partial charge in [0.2, 0.25) is 0 Å². The Hall–Kier alpha value is -1.06. The highest BCUT2D eigenvalue weighted by Crippen LogP contribution is 2.15. The lowest BCUT2D eigenvalue weighted by Crippen LogP contribution is -2.09. The molecule has 0 heterocycles. The van der Waals surface area contributed by atoms with Gasteiger partial charge in [0, 0.05) is 20.3 Å². The SMILES string of the molecule is COCCCOCCOc1ccccc1C.